The minimum absolute atomic E-state index is 0.333. The van der Waals surface area contributed by atoms with Gasteiger partial charge in [-0.2, -0.15) is 0 Å². The summed E-state index contributed by atoms with van der Waals surface area (Å²) in [6, 6.07) is 0. The predicted octanol–water partition coefficient (Wildman–Crippen LogP) is 4.06. The van der Waals surface area contributed by atoms with Gasteiger partial charge in [0.25, 0.3) is 0 Å². The molecule has 0 atom stereocenters. The second-order valence-electron chi connectivity index (χ2n) is 6.33. The monoisotopic (exact) mass is 238 g/mol. The lowest BCUT2D eigenvalue weighted by Crippen LogP contribution is -2.28. The van der Waals surface area contributed by atoms with Gasteiger partial charge in [-0.1, -0.05) is 25.0 Å². The van der Waals surface area contributed by atoms with Gasteiger partial charge in [0.2, 0.25) is 0 Å². The van der Waals surface area contributed by atoms with Gasteiger partial charge in [-0.25, -0.2) is 0 Å². The van der Waals surface area contributed by atoms with Crippen LogP contribution in [0.3, 0.4) is 0 Å². The molecule has 0 bridgehead atoms. The minimum atomic E-state index is -0.333. The minimum Gasteiger partial charge on any atom is -0.348 e. The summed E-state index contributed by atoms with van der Waals surface area (Å²) in [6.45, 7) is 10.6. The largest absolute Gasteiger partial charge is 0.348 e. The van der Waals surface area contributed by atoms with Gasteiger partial charge in [-0.3, -0.25) is 0 Å². The van der Waals surface area contributed by atoms with Crippen LogP contribution in [0, 0.1) is 5.41 Å². The van der Waals surface area contributed by atoms with Crippen molar-refractivity contribution in [1.82, 2.24) is 0 Å². The summed E-state index contributed by atoms with van der Waals surface area (Å²) in [5, 5.41) is 0. The molecule has 0 aromatic carbocycles. The Labute approximate surface area is 105 Å². The van der Waals surface area contributed by atoms with Gasteiger partial charge in [0, 0.05) is 6.42 Å². The highest BCUT2D eigenvalue weighted by molar-refractivity contribution is 5.22. The molecule has 2 aliphatic rings. The Hall–Kier alpha value is -0.340. The number of ether oxygens (including phenoxy) is 2. The molecule has 0 saturated carbocycles. The first kappa shape index (κ1) is 13.1. The SMILES string of the molecule is CC1=C(CCC2(C)OCCO2)C(C)(C)CCC1. The number of hydrogen-bond donors (Lipinski definition) is 0. The molecule has 2 rings (SSSR count). The van der Waals surface area contributed by atoms with Gasteiger partial charge in [0.05, 0.1) is 13.2 Å². The Bertz CT molecular complexity index is 309. The molecule has 0 aromatic heterocycles. The molecule has 1 saturated heterocycles. The van der Waals surface area contributed by atoms with Crippen LogP contribution in [0.15, 0.2) is 11.1 Å². The zero-order chi connectivity index (χ0) is 12.5. The molecule has 1 fully saturated rings. The molecule has 0 spiro atoms. The van der Waals surface area contributed by atoms with Gasteiger partial charge in [0.1, 0.15) is 0 Å². The Kier molecular flexibility index (Phi) is 3.65. The van der Waals surface area contributed by atoms with E-state index in [0.717, 1.165) is 26.1 Å². The highest BCUT2D eigenvalue weighted by Gasteiger charge is 2.34. The summed E-state index contributed by atoms with van der Waals surface area (Å²) in [4.78, 5) is 0. The van der Waals surface area contributed by atoms with Crippen LogP contribution in [-0.2, 0) is 9.47 Å². The normalized spacial score (nSPS) is 27.5. The van der Waals surface area contributed by atoms with Crippen molar-refractivity contribution < 1.29 is 9.47 Å². The summed E-state index contributed by atoms with van der Waals surface area (Å²) >= 11 is 0. The van der Waals surface area contributed by atoms with Crippen molar-refractivity contribution in [3.63, 3.8) is 0 Å². The lowest BCUT2D eigenvalue weighted by atomic mass is 9.71. The van der Waals surface area contributed by atoms with Gasteiger partial charge in [-0.15, -0.1) is 0 Å². The lowest BCUT2D eigenvalue weighted by Gasteiger charge is -2.36. The van der Waals surface area contributed by atoms with Crippen molar-refractivity contribution in [2.24, 2.45) is 5.41 Å². The van der Waals surface area contributed by atoms with Crippen molar-refractivity contribution in [2.45, 2.75) is 65.6 Å². The fourth-order valence-electron chi connectivity index (χ4n) is 3.28. The molecule has 1 aliphatic carbocycles. The van der Waals surface area contributed by atoms with Crippen LogP contribution >= 0.6 is 0 Å². The first-order valence-corrected chi connectivity index (χ1v) is 6.90. The summed E-state index contributed by atoms with van der Waals surface area (Å²) in [6.07, 6.45) is 6.04. The average Bonchev–Trinajstić information content (AvgIpc) is 2.64. The van der Waals surface area contributed by atoms with E-state index in [9.17, 15) is 0 Å². The molecule has 2 nitrogen and oxygen atoms in total. The van der Waals surface area contributed by atoms with Crippen LogP contribution < -0.4 is 0 Å². The number of allylic oxidation sites excluding steroid dienone is 2. The maximum absolute atomic E-state index is 5.69. The second-order valence-corrected chi connectivity index (χ2v) is 6.33. The average molecular weight is 238 g/mol. The summed E-state index contributed by atoms with van der Waals surface area (Å²) < 4.78 is 11.4. The quantitative estimate of drug-likeness (QED) is 0.690. The molecule has 2 heteroatoms. The van der Waals surface area contributed by atoms with Crippen molar-refractivity contribution in [3.05, 3.63) is 11.1 Å². The summed E-state index contributed by atoms with van der Waals surface area (Å²) in [7, 11) is 0. The maximum Gasteiger partial charge on any atom is 0.166 e. The molecule has 17 heavy (non-hydrogen) atoms. The zero-order valence-corrected chi connectivity index (χ0v) is 11.8. The Morgan fingerprint density at radius 1 is 1.12 bits per heavy atom. The van der Waals surface area contributed by atoms with E-state index in [1.54, 1.807) is 11.1 Å². The molecule has 1 aliphatic heterocycles. The van der Waals surface area contributed by atoms with Gasteiger partial charge < -0.3 is 9.47 Å². The third-order valence-corrected chi connectivity index (χ3v) is 4.41. The maximum atomic E-state index is 5.69. The van der Waals surface area contributed by atoms with Gasteiger partial charge in [-0.05, 0) is 44.9 Å². The summed E-state index contributed by atoms with van der Waals surface area (Å²) in [5.74, 6) is -0.333. The van der Waals surface area contributed by atoms with E-state index >= 15 is 0 Å². The van der Waals surface area contributed by atoms with Gasteiger partial charge >= 0.3 is 0 Å². The molecule has 0 aromatic rings. The number of hydrogen-bond acceptors (Lipinski definition) is 2. The topological polar surface area (TPSA) is 18.5 Å². The molecule has 0 radical (unpaired) electrons. The fourth-order valence-corrected chi connectivity index (χ4v) is 3.28. The van der Waals surface area contributed by atoms with E-state index in [1.165, 1.54) is 19.3 Å². The van der Waals surface area contributed by atoms with Crippen LogP contribution in [0.2, 0.25) is 0 Å². The van der Waals surface area contributed by atoms with Crippen LogP contribution in [0.4, 0.5) is 0 Å². The first-order valence-electron chi connectivity index (χ1n) is 6.90. The van der Waals surface area contributed by atoms with Crippen LogP contribution in [-0.4, -0.2) is 19.0 Å². The molecule has 1 heterocycles. The molecule has 0 amide bonds. The standard InChI is InChI=1S/C15H26O2/c1-12-6-5-8-14(2,3)13(12)7-9-15(4)16-10-11-17-15/h5-11H2,1-4H3. The highest BCUT2D eigenvalue weighted by atomic mass is 16.7. The third-order valence-electron chi connectivity index (χ3n) is 4.41. The van der Waals surface area contributed by atoms with E-state index in [2.05, 4.69) is 27.7 Å². The zero-order valence-electron chi connectivity index (χ0n) is 11.8. The second kappa shape index (κ2) is 4.74. The third kappa shape index (κ3) is 2.92. The predicted molar refractivity (Wildman–Crippen MR) is 69.9 cm³/mol. The van der Waals surface area contributed by atoms with E-state index < -0.39 is 0 Å². The van der Waals surface area contributed by atoms with Crippen LogP contribution in [0.1, 0.15) is 59.8 Å². The highest BCUT2D eigenvalue weighted by Crippen LogP contribution is 2.43. The molecule has 98 valence electrons. The van der Waals surface area contributed by atoms with Crippen molar-refractivity contribution >= 4 is 0 Å². The number of rotatable bonds is 3. The van der Waals surface area contributed by atoms with Crippen molar-refractivity contribution in [1.29, 1.82) is 0 Å². The smallest absolute Gasteiger partial charge is 0.166 e. The first-order chi connectivity index (χ1) is 7.93. The molecular weight excluding hydrogens is 212 g/mol. The van der Waals surface area contributed by atoms with E-state index in [4.69, 9.17) is 9.47 Å². The van der Waals surface area contributed by atoms with E-state index in [0.29, 0.717) is 5.41 Å². The van der Waals surface area contributed by atoms with Crippen molar-refractivity contribution in [3.8, 4) is 0 Å². The molecule has 0 N–H and O–H groups in total. The van der Waals surface area contributed by atoms with Gasteiger partial charge in [0.15, 0.2) is 5.79 Å². The van der Waals surface area contributed by atoms with E-state index in [1.807, 2.05) is 0 Å². The van der Waals surface area contributed by atoms with Crippen LogP contribution in [0.25, 0.3) is 0 Å². The van der Waals surface area contributed by atoms with Crippen molar-refractivity contribution in [2.75, 3.05) is 13.2 Å². The Balaban J connectivity index is 2.02. The summed E-state index contributed by atoms with van der Waals surface area (Å²) in [5.41, 5.74) is 3.61. The Morgan fingerprint density at radius 3 is 2.35 bits per heavy atom. The molecule has 0 unspecified atom stereocenters. The Morgan fingerprint density at radius 2 is 1.76 bits per heavy atom. The fraction of sp³-hybridized carbons (Fsp3) is 0.867. The lowest BCUT2D eigenvalue weighted by molar-refractivity contribution is -0.146. The van der Waals surface area contributed by atoms with E-state index in [-0.39, 0.29) is 5.79 Å². The molecular formula is C15H26O2. The van der Waals surface area contributed by atoms with Crippen LogP contribution in [0.5, 0.6) is 0 Å².